The normalized spacial score (nSPS) is 15.7. The van der Waals surface area contributed by atoms with E-state index >= 15 is 0 Å². The van der Waals surface area contributed by atoms with E-state index in [1.165, 1.54) is 21.0 Å². The maximum absolute atomic E-state index is 13.1. The maximum Gasteiger partial charge on any atom is 0.307 e. The van der Waals surface area contributed by atoms with Gasteiger partial charge in [0.25, 0.3) is 0 Å². The molecule has 1 saturated heterocycles. The number of benzene rings is 2. The van der Waals surface area contributed by atoms with E-state index in [2.05, 4.69) is 0 Å². The molecule has 0 radical (unpaired) electrons. The molecule has 0 aliphatic carbocycles. The number of nitrogens with zero attached hydrogens (tertiary/aromatic N) is 3. The van der Waals surface area contributed by atoms with E-state index in [1.54, 1.807) is 36.2 Å². The molecule has 31 heavy (non-hydrogen) atoms. The third-order valence-electron chi connectivity index (χ3n) is 5.26. The lowest BCUT2D eigenvalue weighted by Crippen LogP contribution is -2.50. The summed E-state index contributed by atoms with van der Waals surface area (Å²) in [6.45, 7) is 1.01. The lowest BCUT2D eigenvalue weighted by atomic mass is 10.2. The van der Waals surface area contributed by atoms with E-state index in [0.29, 0.717) is 28.3 Å². The van der Waals surface area contributed by atoms with Crippen LogP contribution < -0.4 is 4.87 Å². The molecular formula is C21H20ClN3O4S2. The molecule has 0 unspecified atom stereocenters. The molecule has 162 valence electrons. The number of thiazole rings is 1. The standard InChI is InChI=1S/C21H20ClN3O4S2/c1-23-18-8-7-16(14-19(18)30-21(23)27)31(28,29)25-12-10-24(11-13-25)20(26)9-6-15-4-2-3-5-17(15)22/h2-9,14H,10-13H2,1H3/b9-6+. The minimum absolute atomic E-state index is 0.137. The Bertz CT molecular complexity index is 1340. The largest absolute Gasteiger partial charge is 0.337 e. The van der Waals surface area contributed by atoms with Crippen molar-refractivity contribution in [3.63, 3.8) is 0 Å². The number of carbonyl (C=O) groups is 1. The zero-order valence-electron chi connectivity index (χ0n) is 16.7. The average molecular weight is 478 g/mol. The fraction of sp³-hybridized carbons (Fsp3) is 0.238. The van der Waals surface area contributed by atoms with Gasteiger partial charge in [-0.2, -0.15) is 4.31 Å². The predicted octanol–water partition coefficient (Wildman–Crippen LogP) is 2.80. The second-order valence-corrected chi connectivity index (χ2v) is 10.5. The molecule has 10 heteroatoms. The van der Waals surface area contributed by atoms with Gasteiger partial charge in [0.2, 0.25) is 15.9 Å². The number of halogens is 1. The van der Waals surface area contributed by atoms with Crippen molar-refractivity contribution in [3.05, 3.63) is 68.8 Å². The summed E-state index contributed by atoms with van der Waals surface area (Å²) >= 11 is 7.12. The third kappa shape index (κ3) is 4.31. The van der Waals surface area contributed by atoms with Gasteiger partial charge in [0.1, 0.15) is 0 Å². The van der Waals surface area contributed by atoms with Crippen LogP contribution in [0.2, 0.25) is 5.02 Å². The van der Waals surface area contributed by atoms with Gasteiger partial charge in [-0.3, -0.25) is 9.59 Å². The first-order valence-corrected chi connectivity index (χ1v) is 12.2. The molecule has 0 N–H and O–H groups in total. The number of rotatable bonds is 4. The van der Waals surface area contributed by atoms with Crippen LogP contribution in [0.25, 0.3) is 16.3 Å². The van der Waals surface area contributed by atoms with Crippen LogP contribution in [0, 0.1) is 0 Å². The topological polar surface area (TPSA) is 79.7 Å². The molecule has 7 nitrogen and oxygen atoms in total. The summed E-state index contributed by atoms with van der Waals surface area (Å²) in [6.07, 6.45) is 3.12. The fourth-order valence-corrected chi connectivity index (χ4v) is 6.09. The highest BCUT2D eigenvalue weighted by molar-refractivity contribution is 7.89. The lowest BCUT2D eigenvalue weighted by molar-refractivity contribution is -0.127. The highest BCUT2D eigenvalue weighted by Crippen LogP contribution is 2.24. The molecule has 2 heterocycles. The number of hydrogen-bond donors (Lipinski definition) is 0. The summed E-state index contributed by atoms with van der Waals surface area (Å²) in [6, 6.07) is 11.9. The van der Waals surface area contributed by atoms with Crippen LogP contribution in [0.15, 0.2) is 58.2 Å². The second kappa shape index (κ2) is 8.58. The van der Waals surface area contributed by atoms with Crippen LogP contribution in [0.1, 0.15) is 5.56 Å². The predicted molar refractivity (Wildman–Crippen MR) is 123 cm³/mol. The van der Waals surface area contributed by atoms with Gasteiger partial charge in [0.05, 0.1) is 15.1 Å². The van der Waals surface area contributed by atoms with E-state index in [0.717, 1.165) is 16.9 Å². The maximum atomic E-state index is 13.1. The summed E-state index contributed by atoms with van der Waals surface area (Å²) in [4.78, 5) is 26.0. The van der Waals surface area contributed by atoms with Gasteiger partial charge in [-0.25, -0.2) is 8.42 Å². The van der Waals surface area contributed by atoms with Gasteiger partial charge >= 0.3 is 4.87 Å². The Labute approximate surface area is 188 Å². The summed E-state index contributed by atoms with van der Waals surface area (Å²) in [7, 11) is -2.05. The van der Waals surface area contributed by atoms with Crippen molar-refractivity contribution in [3.8, 4) is 0 Å². The first kappa shape index (κ1) is 21.8. The highest BCUT2D eigenvalue weighted by atomic mass is 35.5. The first-order valence-electron chi connectivity index (χ1n) is 9.58. The van der Waals surface area contributed by atoms with Crippen molar-refractivity contribution in [1.82, 2.24) is 13.8 Å². The van der Waals surface area contributed by atoms with Crippen molar-refractivity contribution in [2.24, 2.45) is 7.05 Å². The molecule has 0 saturated carbocycles. The number of sulfonamides is 1. The monoisotopic (exact) mass is 477 g/mol. The molecule has 2 aromatic carbocycles. The number of aromatic nitrogens is 1. The van der Waals surface area contributed by atoms with E-state index < -0.39 is 10.0 Å². The van der Waals surface area contributed by atoms with E-state index in [4.69, 9.17) is 11.6 Å². The summed E-state index contributed by atoms with van der Waals surface area (Å²) < 4.78 is 29.6. The molecule has 0 atom stereocenters. The van der Waals surface area contributed by atoms with Gasteiger partial charge < -0.3 is 9.47 Å². The van der Waals surface area contributed by atoms with Crippen LogP contribution in [0.5, 0.6) is 0 Å². The molecule has 3 aromatic rings. The van der Waals surface area contributed by atoms with Crippen LogP contribution in [0.4, 0.5) is 0 Å². The number of piperazine rings is 1. The number of amides is 1. The second-order valence-electron chi connectivity index (χ2n) is 7.14. The fourth-order valence-electron chi connectivity index (χ4n) is 3.45. The quantitative estimate of drug-likeness (QED) is 0.541. The smallest absolute Gasteiger partial charge is 0.307 e. The Balaban J connectivity index is 1.44. The molecule has 4 rings (SSSR count). The number of fused-ring (bicyclic) bond motifs is 1. The van der Waals surface area contributed by atoms with E-state index in [-0.39, 0.29) is 28.8 Å². The Kier molecular flexibility index (Phi) is 6.02. The summed E-state index contributed by atoms with van der Waals surface area (Å²) in [5, 5.41) is 0.558. The summed E-state index contributed by atoms with van der Waals surface area (Å²) in [5.74, 6) is -0.188. The number of hydrogen-bond acceptors (Lipinski definition) is 5. The van der Waals surface area contributed by atoms with Crippen LogP contribution >= 0.6 is 22.9 Å². The van der Waals surface area contributed by atoms with Crippen molar-refractivity contribution >= 4 is 55.2 Å². The Morgan fingerprint density at radius 1 is 1.10 bits per heavy atom. The van der Waals surface area contributed by atoms with Gasteiger partial charge in [-0.1, -0.05) is 41.1 Å². The van der Waals surface area contributed by atoms with Crippen molar-refractivity contribution in [2.75, 3.05) is 26.2 Å². The van der Waals surface area contributed by atoms with Crippen molar-refractivity contribution in [2.45, 2.75) is 4.90 Å². The first-order chi connectivity index (χ1) is 14.8. The molecule has 1 amide bonds. The van der Waals surface area contributed by atoms with Gasteiger partial charge in [-0.05, 0) is 35.9 Å². The van der Waals surface area contributed by atoms with Crippen LogP contribution in [-0.2, 0) is 21.9 Å². The number of aryl methyl sites for hydroxylation is 1. The molecular weight excluding hydrogens is 458 g/mol. The minimum atomic E-state index is -3.71. The van der Waals surface area contributed by atoms with Gasteiger partial charge in [0.15, 0.2) is 0 Å². The third-order valence-corrected chi connectivity index (χ3v) is 8.50. The molecule has 0 spiro atoms. The zero-order chi connectivity index (χ0) is 22.2. The molecule has 1 aromatic heterocycles. The molecule has 0 bridgehead atoms. The SMILES string of the molecule is Cn1c(=O)sc2cc(S(=O)(=O)N3CCN(C(=O)/C=C/c4ccccc4Cl)CC3)ccc21. The number of carbonyl (C=O) groups excluding carboxylic acids is 1. The Hall–Kier alpha value is -2.46. The molecule has 1 aliphatic rings. The van der Waals surface area contributed by atoms with E-state index in [9.17, 15) is 18.0 Å². The van der Waals surface area contributed by atoms with Crippen molar-refractivity contribution in [1.29, 1.82) is 0 Å². The minimum Gasteiger partial charge on any atom is -0.337 e. The zero-order valence-corrected chi connectivity index (χ0v) is 19.1. The van der Waals surface area contributed by atoms with Crippen LogP contribution in [-0.4, -0.2) is 54.3 Å². The molecule has 1 fully saturated rings. The van der Waals surface area contributed by atoms with Gasteiger partial charge in [-0.15, -0.1) is 0 Å². The lowest BCUT2D eigenvalue weighted by Gasteiger charge is -2.33. The Morgan fingerprint density at radius 3 is 2.52 bits per heavy atom. The van der Waals surface area contributed by atoms with Crippen LogP contribution in [0.3, 0.4) is 0 Å². The van der Waals surface area contributed by atoms with E-state index in [1.807, 2.05) is 18.2 Å². The average Bonchev–Trinajstić information content (AvgIpc) is 3.06. The highest BCUT2D eigenvalue weighted by Gasteiger charge is 2.30. The van der Waals surface area contributed by atoms with Crippen molar-refractivity contribution < 1.29 is 13.2 Å². The van der Waals surface area contributed by atoms with Gasteiger partial charge in [0, 0.05) is 44.3 Å². The summed E-state index contributed by atoms with van der Waals surface area (Å²) in [5.41, 5.74) is 1.45. The molecule has 1 aliphatic heterocycles. The Morgan fingerprint density at radius 2 is 1.81 bits per heavy atom.